The number of nitrogens with two attached hydrogens (primary N) is 1. The number of primary amides is 1. The number of benzene rings is 1. The average molecular weight is 504 g/mol. The van der Waals surface area contributed by atoms with Crippen molar-refractivity contribution < 1.29 is 18.7 Å². The third-order valence-corrected chi connectivity index (χ3v) is 5.26. The van der Waals surface area contributed by atoms with Crippen LogP contribution in [0, 0.1) is 12.7 Å². The van der Waals surface area contributed by atoms with Gasteiger partial charge in [-0.2, -0.15) is 5.10 Å². The van der Waals surface area contributed by atoms with Gasteiger partial charge in [0.1, 0.15) is 17.3 Å². The third-order valence-electron chi connectivity index (χ3n) is 5.26. The lowest BCUT2D eigenvalue weighted by Crippen LogP contribution is -2.21. The Morgan fingerprint density at radius 2 is 1.81 bits per heavy atom. The maximum Gasteiger partial charge on any atom is 0.324 e. The molecule has 3 heterocycles. The van der Waals surface area contributed by atoms with Crippen molar-refractivity contribution in [1.82, 2.24) is 19.7 Å². The maximum absolute atomic E-state index is 14.7. The van der Waals surface area contributed by atoms with Crippen molar-refractivity contribution in [2.75, 3.05) is 10.6 Å². The molecule has 0 unspecified atom stereocenters. The Hall–Kier alpha value is -4.80. The van der Waals surface area contributed by atoms with Crippen molar-refractivity contribution in [1.29, 1.82) is 0 Å². The molecule has 0 spiro atoms. The molecule has 3 aromatic heterocycles. The lowest BCUT2D eigenvalue weighted by Gasteiger charge is -2.14. The topological polar surface area (TPSA) is 137 Å². The van der Waals surface area contributed by atoms with E-state index in [1.165, 1.54) is 30.5 Å². The average Bonchev–Trinajstić information content (AvgIpc) is 3.25. The molecule has 10 nitrogen and oxygen atoms in total. The molecule has 0 atom stereocenters. The number of aromatic nitrogens is 4. The van der Waals surface area contributed by atoms with Crippen LogP contribution in [0.25, 0.3) is 5.69 Å². The fraction of sp³-hybridized carbons (Fsp3) is 0.192. The first-order valence-corrected chi connectivity index (χ1v) is 11.3. The zero-order valence-corrected chi connectivity index (χ0v) is 20.7. The Morgan fingerprint density at radius 1 is 1.03 bits per heavy atom. The normalized spacial score (nSPS) is 11.2. The highest BCUT2D eigenvalue weighted by molar-refractivity contribution is 5.99. The standard InChI is InChI=1S/C26H26FN7O3/c1-15-5-7-17(14-30-15)34-23(13-22(33-34)26(2,3)4)32-25(36)31-16-6-8-21(19(27)11-16)37-18-9-10-29-20(12-18)24(28)35/h5-14H,1-4H3,(H2,28,35)(H2,31,32,36). The van der Waals surface area contributed by atoms with Gasteiger partial charge < -0.3 is 15.8 Å². The Bertz CT molecular complexity index is 1460. The maximum atomic E-state index is 14.7. The van der Waals surface area contributed by atoms with Crippen LogP contribution in [-0.4, -0.2) is 31.7 Å². The molecule has 0 bridgehead atoms. The van der Waals surface area contributed by atoms with E-state index in [-0.39, 0.29) is 28.3 Å². The van der Waals surface area contributed by atoms with E-state index in [4.69, 9.17) is 10.5 Å². The molecule has 190 valence electrons. The molecule has 4 rings (SSSR count). The molecule has 0 aliphatic rings. The molecule has 0 saturated carbocycles. The number of amides is 3. The van der Waals surface area contributed by atoms with E-state index < -0.39 is 17.8 Å². The van der Waals surface area contributed by atoms with E-state index in [2.05, 4.69) is 25.7 Å². The highest BCUT2D eigenvalue weighted by Crippen LogP contribution is 2.28. The molecule has 37 heavy (non-hydrogen) atoms. The molecule has 3 amide bonds. The summed E-state index contributed by atoms with van der Waals surface area (Å²) in [6, 6.07) is 11.6. The summed E-state index contributed by atoms with van der Waals surface area (Å²) < 4.78 is 21.8. The van der Waals surface area contributed by atoms with Gasteiger partial charge in [-0.3, -0.25) is 20.1 Å². The minimum atomic E-state index is -0.730. The molecule has 0 aliphatic carbocycles. The van der Waals surface area contributed by atoms with Crippen molar-refractivity contribution in [3.05, 3.63) is 83.8 Å². The van der Waals surface area contributed by atoms with Crippen molar-refractivity contribution >= 4 is 23.4 Å². The van der Waals surface area contributed by atoms with E-state index in [9.17, 15) is 14.0 Å². The minimum Gasteiger partial charge on any atom is -0.454 e. The monoisotopic (exact) mass is 503 g/mol. The van der Waals surface area contributed by atoms with E-state index in [0.29, 0.717) is 11.5 Å². The van der Waals surface area contributed by atoms with Gasteiger partial charge in [-0.15, -0.1) is 0 Å². The first-order valence-electron chi connectivity index (χ1n) is 11.3. The van der Waals surface area contributed by atoms with Gasteiger partial charge in [-0.25, -0.2) is 13.9 Å². The Kier molecular flexibility index (Phi) is 6.87. The van der Waals surface area contributed by atoms with Crippen LogP contribution in [0.4, 0.5) is 20.7 Å². The number of anilines is 2. The summed E-state index contributed by atoms with van der Waals surface area (Å²) in [5, 5.41) is 10.0. The van der Waals surface area contributed by atoms with Crippen molar-refractivity contribution in [3.8, 4) is 17.2 Å². The second-order valence-corrected chi connectivity index (χ2v) is 9.30. The summed E-state index contributed by atoms with van der Waals surface area (Å²) in [6.07, 6.45) is 3.00. The molecule has 0 radical (unpaired) electrons. The van der Waals surface area contributed by atoms with Gasteiger partial charge >= 0.3 is 6.03 Å². The van der Waals surface area contributed by atoms with Gasteiger partial charge in [-0.05, 0) is 37.3 Å². The highest BCUT2D eigenvalue weighted by Gasteiger charge is 2.22. The van der Waals surface area contributed by atoms with Crippen LogP contribution in [0.2, 0.25) is 0 Å². The van der Waals surface area contributed by atoms with Gasteiger partial charge in [0.25, 0.3) is 5.91 Å². The summed E-state index contributed by atoms with van der Waals surface area (Å²) >= 11 is 0. The number of ether oxygens (including phenoxy) is 1. The van der Waals surface area contributed by atoms with Gasteiger partial charge in [-0.1, -0.05) is 20.8 Å². The molecule has 0 fully saturated rings. The third kappa shape index (κ3) is 6.07. The van der Waals surface area contributed by atoms with Crippen LogP contribution >= 0.6 is 0 Å². The second kappa shape index (κ2) is 10.1. The molecule has 0 saturated heterocycles. The number of carbonyl (C=O) groups is 2. The van der Waals surface area contributed by atoms with E-state index >= 15 is 0 Å². The molecular formula is C26H26FN7O3. The molecule has 0 aliphatic heterocycles. The van der Waals surface area contributed by atoms with Gasteiger partial charge in [0.05, 0.1) is 17.6 Å². The van der Waals surface area contributed by atoms with Crippen molar-refractivity contribution in [3.63, 3.8) is 0 Å². The fourth-order valence-electron chi connectivity index (χ4n) is 3.30. The number of pyridine rings is 2. The summed E-state index contributed by atoms with van der Waals surface area (Å²) in [4.78, 5) is 32.2. The molecule has 4 aromatic rings. The predicted octanol–water partition coefficient (Wildman–Crippen LogP) is 4.94. The fourth-order valence-corrected chi connectivity index (χ4v) is 3.30. The van der Waals surface area contributed by atoms with Crippen LogP contribution in [-0.2, 0) is 5.41 Å². The largest absolute Gasteiger partial charge is 0.454 e. The Morgan fingerprint density at radius 3 is 2.46 bits per heavy atom. The first kappa shape index (κ1) is 25.3. The quantitative estimate of drug-likeness (QED) is 0.341. The number of aryl methyl sites for hydroxylation is 1. The number of urea groups is 1. The smallest absolute Gasteiger partial charge is 0.324 e. The Labute approximate surface area is 212 Å². The number of hydrogen-bond donors (Lipinski definition) is 3. The van der Waals surface area contributed by atoms with Gasteiger partial charge in [0.15, 0.2) is 11.6 Å². The van der Waals surface area contributed by atoms with Crippen LogP contribution in [0.15, 0.2) is 60.9 Å². The van der Waals surface area contributed by atoms with Gasteiger partial charge in [0, 0.05) is 41.2 Å². The van der Waals surface area contributed by atoms with Crippen LogP contribution in [0.3, 0.4) is 0 Å². The molecule has 4 N–H and O–H groups in total. The second-order valence-electron chi connectivity index (χ2n) is 9.30. The number of nitrogens with zero attached hydrogens (tertiary/aromatic N) is 4. The Balaban J connectivity index is 1.50. The van der Waals surface area contributed by atoms with E-state index in [1.807, 2.05) is 39.8 Å². The number of hydrogen-bond acceptors (Lipinski definition) is 6. The lowest BCUT2D eigenvalue weighted by atomic mass is 9.92. The SMILES string of the molecule is Cc1ccc(-n2nc(C(C)(C)C)cc2NC(=O)Nc2ccc(Oc3ccnc(C(N)=O)c3)c(F)c2)cn1. The summed E-state index contributed by atoms with van der Waals surface area (Å²) in [5.41, 5.74) is 7.45. The van der Waals surface area contributed by atoms with Crippen molar-refractivity contribution in [2.45, 2.75) is 33.1 Å². The van der Waals surface area contributed by atoms with Gasteiger partial charge in [0.2, 0.25) is 0 Å². The van der Waals surface area contributed by atoms with Crippen LogP contribution in [0.5, 0.6) is 11.5 Å². The number of rotatable bonds is 6. The lowest BCUT2D eigenvalue weighted by molar-refractivity contribution is 0.0995. The number of carbonyl (C=O) groups excluding carboxylic acids is 2. The van der Waals surface area contributed by atoms with Crippen molar-refractivity contribution in [2.24, 2.45) is 5.73 Å². The summed E-state index contributed by atoms with van der Waals surface area (Å²) in [6.45, 7) is 7.93. The van der Waals surface area contributed by atoms with E-state index in [0.717, 1.165) is 17.5 Å². The predicted molar refractivity (Wildman–Crippen MR) is 137 cm³/mol. The summed E-state index contributed by atoms with van der Waals surface area (Å²) in [5.74, 6) is -0.939. The minimum absolute atomic E-state index is 0.0110. The van der Waals surface area contributed by atoms with E-state index in [1.54, 1.807) is 16.9 Å². The molecular weight excluding hydrogens is 477 g/mol. The number of halogens is 1. The highest BCUT2D eigenvalue weighted by atomic mass is 19.1. The first-order chi connectivity index (χ1) is 17.5. The summed E-state index contributed by atoms with van der Waals surface area (Å²) in [7, 11) is 0. The zero-order valence-electron chi connectivity index (χ0n) is 20.7. The zero-order chi connectivity index (χ0) is 26.7. The number of nitrogens with one attached hydrogen (secondary N) is 2. The van der Waals surface area contributed by atoms with Crippen LogP contribution < -0.4 is 21.1 Å². The van der Waals surface area contributed by atoms with Crippen LogP contribution in [0.1, 0.15) is 42.6 Å². The molecule has 11 heteroatoms. The molecule has 1 aromatic carbocycles.